The molecule has 0 saturated carbocycles. The Morgan fingerprint density at radius 1 is 1.03 bits per heavy atom. The van der Waals surface area contributed by atoms with Gasteiger partial charge in [0.15, 0.2) is 0 Å². The summed E-state index contributed by atoms with van der Waals surface area (Å²) in [4.78, 5) is 28.9. The number of hydrogen-bond donors (Lipinski definition) is 2. The first-order chi connectivity index (χ1) is 15.0. The van der Waals surface area contributed by atoms with Gasteiger partial charge in [-0.05, 0) is 55.0 Å². The largest absolute Gasteiger partial charge is 0.487 e. The molecule has 2 N–H and O–H groups in total. The van der Waals surface area contributed by atoms with Crippen LogP contribution in [0.1, 0.15) is 11.3 Å². The molecule has 0 saturated heterocycles. The summed E-state index contributed by atoms with van der Waals surface area (Å²) in [7, 11) is 0. The van der Waals surface area contributed by atoms with Crippen molar-refractivity contribution in [1.82, 2.24) is 9.38 Å². The summed E-state index contributed by atoms with van der Waals surface area (Å²) in [6.45, 7) is 2.03. The molecule has 0 aliphatic heterocycles. The summed E-state index contributed by atoms with van der Waals surface area (Å²) in [5, 5.41) is 6.10. The lowest BCUT2D eigenvalue weighted by Crippen LogP contribution is -2.19. The number of nitrogens with one attached hydrogen (secondary N) is 2. The third-order valence-corrected chi connectivity index (χ3v) is 4.80. The summed E-state index contributed by atoms with van der Waals surface area (Å²) in [5.74, 6) is 0.583. The van der Waals surface area contributed by atoms with Gasteiger partial charge >= 0.3 is 6.03 Å². The maximum atomic E-state index is 12.3. The molecule has 31 heavy (non-hydrogen) atoms. The van der Waals surface area contributed by atoms with Crippen LogP contribution in [-0.2, 0) is 6.61 Å². The van der Waals surface area contributed by atoms with Crippen LogP contribution in [0.25, 0.3) is 5.65 Å². The van der Waals surface area contributed by atoms with E-state index < -0.39 is 0 Å². The number of urea groups is 1. The zero-order valence-electron chi connectivity index (χ0n) is 16.6. The van der Waals surface area contributed by atoms with Crippen molar-refractivity contribution in [1.29, 1.82) is 0 Å². The van der Waals surface area contributed by atoms with E-state index in [2.05, 4.69) is 15.6 Å². The molecule has 2 amide bonds. The highest BCUT2D eigenvalue weighted by Crippen LogP contribution is 2.24. The average molecular weight is 435 g/mol. The summed E-state index contributed by atoms with van der Waals surface area (Å²) in [6.07, 6.45) is 1.67. The Hall–Kier alpha value is -3.84. The van der Waals surface area contributed by atoms with Crippen LogP contribution in [-0.4, -0.2) is 15.4 Å². The van der Waals surface area contributed by atoms with Gasteiger partial charge in [-0.3, -0.25) is 9.20 Å². The van der Waals surface area contributed by atoms with Gasteiger partial charge in [0.1, 0.15) is 18.0 Å². The molecule has 0 aliphatic carbocycles. The molecule has 7 nitrogen and oxygen atoms in total. The molecule has 4 aromatic rings. The van der Waals surface area contributed by atoms with Crippen LogP contribution in [0, 0.1) is 6.92 Å². The number of hydrogen-bond acceptors (Lipinski definition) is 4. The van der Waals surface area contributed by atoms with E-state index in [-0.39, 0.29) is 18.2 Å². The van der Waals surface area contributed by atoms with Crippen molar-refractivity contribution in [3.05, 3.63) is 99.6 Å². The summed E-state index contributed by atoms with van der Waals surface area (Å²) in [6, 6.07) is 18.6. The van der Waals surface area contributed by atoms with Gasteiger partial charge in [-0.15, -0.1) is 0 Å². The molecule has 0 fully saturated rings. The van der Waals surface area contributed by atoms with E-state index in [1.165, 1.54) is 10.5 Å². The predicted molar refractivity (Wildman–Crippen MR) is 121 cm³/mol. The number of aryl methyl sites for hydroxylation is 1. The Morgan fingerprint density at radius 2 is 1.77 bits per heavy atom. The predicted octanol–water partition coefficient (Wildman–Crippen LogP) is 4.88. The quantitative estimate of drug-likeness (QED) is 0.469. The lowest BCUT2D eigenvalue weighted by molar-refractivity contribution is 0.262. The summed E-state index contributed by atoms with van der Waals surface area (Å²) >= 11 is 5.86. The normalized spacial score (nSPS) is 10.6. The van der Waals surface area contributed by atoms with E-state index in [1.54, 1.807) is 54.7 Å². The fourth-order valence-corrected chi connectivity index (χ4v) is 3.11. The van der Waals surface area contributed by atoms with Crippen LogP contribution in [0.4, 0.5) is 16.2 Å². The zero-order chi connectivity index (χ0) is 21.8. The van der Waals surface area contributed by atoms with Gasteiger partial charge in [-0.25, -0.2) is 9.78 Å². The third kappa shape index (κ3) is 5.02. The number of anilines is 2. The van der Waals surface area contributed by atoms with E-state index in [0.717, 1.165) is 5.56 Å². The molecule has 2 heterocycles. The van der Waals surface area contributed by atoms with E-state index in [9.17, 15) is 9.59 Å². The maximum absolute atomic E-state index is 12.3. The number of amides is 2. The van der Waals surface area contributed by atoms with E-state index >= 15 is 0 Å². The lowest BCUT2D eigenvalue weighted by atomic mass is 10.2. The second-order valence-electron chi connectivity index (χ2n) is 6.87. The maximum Gasteiger partial charge on any atom is 0.323 e. The van der Waals surface area contributed by atoms with Crippen LogP contribution in [0.3, 0.4) is 0 Å². The van der Waals surface area contributed by atoms with Gasteiger partial charge in [0, 0.05) is 34.7 Å². The first-order valence-corrected chi connectivity index (χ1v) is 9.90. The molecule has 0 bridgehead atoms. The van der Waals surface area contributed by atoms with Crippen molar-refractivity contribution >= 4 is 34.7 Å². The van der Waals surface area contributed by atoms with Gasteiger partial charge in [-0.1, -0.05) is 23.7 Å². The highest BCUT2D eigenvalue weighted by molar-refractivity contribution is 6.30. The monoisotopic (exact) mass is 434 g/mol. The minimum absolute atomic E-state index is 0.127. The average Bonchev–Trinajstić information content (AvgIpc) is 2.76. The summed E-state index contributed by atoms with van der Waals surface area (Å²) < 4.78 is 7.35. The van der Waals surface area contributed by atoms with Gasteiger partial charge in [-0.2, -0.15) is 0 Å². The van der Waals surface area contributed by atoms with Crippen LogP contribution in [0.5, 0.6) is 5.75 Å². The van der Waals surface area contributed by atoms with Crippen LogP contribution in [0.15, 0.2) is 77.7 Å². The number of ether oxygens (including phenoxy) is 1. The first-order valence-electron chi connectivity index (χ1n) is 9.52. The number of halogens is 1. The number of nitrogens with zero attached hydrogens (tertiary/aromatic N) is 2. The first kappa shape index (κ1) is 20.4. The fourth-order valence-electron chi connectivity index (χ4n) is 2.99. The van der Waals surface area contributed by atoms with Gasteiger partial charge < -0.3 is 15.4 Å². The van der Waals surface area contributed by atoms with Crippen molar-refractivity contribution in [2.45, 2.75) is 13.5 Å². The van der Waals surface area contributed by atoms with Crippen LogP contribution >= 0.6 is 11.6 Å². The Morgan fingerprint density at radius 3 is 2.58 bits per heavy atom. The number of rotatable bonds is 5. The van der Waals surface area contributed by atoms with Gasteiger partial charge in [0.25, 0.3) is 5.56 Å². The minimum Gasteiger partial charge on any atom is -0.487 e. The van der Waals surface area contributed by atoms with Gasteiger partial charge in [0.2, 0.25) is 0 Å². The topological polar surface area (TPSA) is 84.7 Å². The van der Waals surface area contributed by atoms with Crippen molar-refractivity contribution < 1.29 is 9.53 Å². The molecule has 0 atom stereocenters. The van der Waals surface area contributed by atoms with E-state index in [4.69, 9.17) is 16.3 Å². The SMILES string of the molecule is Cc1ccc(NC(=O)Nc2ccc(Cl)cc2)cc1OCc1cc(=O)n2ccccc2n1. The van der Waals surface area contributed by atoms with Crippen LogP contribution < -0.4 is 20.9 Å². The summed E-state index contributed by atoms with van der Waals surface area (Å²) in [5.41, 5.74) is 2.99. The fraction of sp³-hybridized carbons (Fsp3) is 0.0870. The third-order valence-electron chi connectivity index (χ3n) is 4.55. The van der Waals surface area contributed by atoms with Crippen molar-refractivity contribution in [2.24, 2.45) is 0 Å². The van der Waals surface area contributed by atoms with E-state index in [0.29, 0.717) is 33.5 Å². The Labute approximate surface area is 183 Å². The molecular formula is C23H19ClN4O3. The van der Waals surface area contributed by atoms with E-state index in [1.807, 2.05) is 19.1 Å². The molecule has 0 unspecified atom stereocenters. The molecule has 2 aromatic heterocycles. The molecule has 2 aromatic carbocycles. The molecule has 0 radical (unpaired) electrons. The Bertz CT molecular complexity index is 1300. The van der Waals surface area contributed by atoms with Gasteiger partial charge in [0.05, 0.1) is 5.69 Å². The molecule has 8 heteroatoms. The lowest BCUT2D eigenvalue weighted by Gasteiger charge is -2.12. The molecule has 156 valence electrons. The van der Waals surface area contributed by atoms with Crippen molar-refractivity contribution in [2.75, 3.05) is 10.6 Å². The second-order valence-corrected chi connectivity index (χ2v) is 7.31. The molecule has 0 spiro atoms. The Balaban J connectivity index is 1.45. The standard InChI is InChI=1S/C23H19ClN4O3/c1-15-5-8-18(27-23(30)26-17-9-6-16(24)7-10-17)12-20(15)31-14-19-13-22(29)28-11-3-2-4-21(28)25-19/h2-13H,14H2,1H3,(H2,26,27,30). The zero-order valence-corrected chi connectivity index (χ0v) is 17.4. The minimum atomic E-state index is -0.388. The highest BCUT2D eigenvalue weighted by Gasteiger charge is 2.08. The molecule has 0 aliphatic rings. The Kier molecular flexibility index (Phi) is 5.86. The second kappa shape index (κ2) is 8.89. The number of aromatic nitrogens is 2. The molecular weight excluding hydrogens is 416 g/mol. The number of fused-ring (bicyclic) bond motifs is 1. The van der Waals surface area contributed by atoms with Crippen molar-refractivity contribution in [3.63, 3.8) is 0 Å². The smallest absolute Gasteiger partial charge is 0.323 e. The number of benzene rings is 2. The molecule has 4 rings (SSSR count). The number of carbonyl (C=O) groups excluding carboxylic acids is 1. The highest BCUT2D eigenvalue weighted by atomic mass is 35.5. The van der Waals surface area contributed by atoms with Crippen molar-refractivity contribution in [3.8, 4) is 5.75 Å². The van der Waals surface area contributed by atoms with Crippen LogP contribution in [0.2, 0.25) is 5.02 Å². The number of carbonyl (C=O) groups is 1. The number of pyridine rings is 1.